The Morgan fingerprint density at radius 2 is 2.33 bits per heavy atom. The van der Waals surface area contributed by atoms with Gasteiger partial charge < -0.3 is 14.5 Å². The average molecular weight is 250 g/mol. The first-order chi connectivity index (χ1) is 8.67. The number of nitrogens with zero attached hydrogens (tertiary/aromatic N) is 2. The van der Waals surface area contributed by atoms with E-state index in [0.717, 1.165) is 36.2 Å². The van der Waals surface area contributed by atoms with Crippen LogP contribution in [0.25, 0.3) is 0 Å². The molecule has 0 saturated heterocycles. The van der Waals surface area contributed by atoms with E-state index in [-0.39, 0.29) is 12.5 Å². The second-order valence-corrected chi connectivity index (χ2v) is 4.44. The molecule has 2 rings (SSSR count). The van der Waals surface area contributed by atoms with Crippen molar-refractivity contribution in [3.63, 3.8) is 0 Å². The molecule has 1 aliphatic carbocycles. The minimum Gasteiger partial charge on any atom is -0.465 e. The van der Waals surface area contributed by atoms with E-state index in [0.29, 0.717) is 12.3 Å². The summed E-state index contributed by atoms with van der Waals surface area (Å²) in [5.74, 6) is -0.230. The lowest BCUT2D eigenvalue weighted by Crippen LogP contribution is -2.19. The fourth-order valence-corrected chi connectivity index (χ4v) is 2.47. The molecule has 0 atom stereocenters. The van der Waals surface area contributed by atoms with Crippen LogP contribution in [0, 0.1) is 6.92 Å². The quantitative estimate of drug-likeness (QED) is 0.506. The Morgan fingerprint density at radius 1 is 1.56 bits per heavy atom. The summed E-state index contributed by atoms with van der Waals surface area (Å²) in [6, 6.07) is 1.97. The minimum atomic E-state index is -0.230. The molecule has 1 aromatic heterocycles. The molecule has 98 valence electrons. The molecule has 0 radical (unpaired) electrons. The molecule has 1 aliphatic rings. The first-order valence-electron chi connectivity index (χ1n) is 6.23. The van der Waals surface area contributed by atoms with Gasteiger partial charge in [0.2, 0.25) is 0 Å². The number of rotatable bonds is 3. The number of hydrogen-bond donors (Lipinski definition) is 1. The van der Waals surface area contributed by atoms with E-state index in [9.17, 15) is 4.79 Å². The van der Waals surface area contributed by atoms with Crippen molar-refractivity contribution in [1.29, 1.82) is 0 Å². The predicted octanol–water partition coefficient (Wildman–Crippen LogP) is 1.87. The first-order valence-corrected chi connectivity index (χ1v) is 6.23. The highest BCUT2D eigenvalue weighted by atomic mass is 16.5. The van der Waals surface area contributed by atoms with Gasteiger partial charge in [-0.2, -0.15) is 0 Å². The number of esters is 1. The van der Waals surface area contributed by atoms with Crippen LogP contribution in [0.15, 0.2) is 11.2 Å². The van der Waals surface area contributed by atoms with E-state index in [1.54, 1.807) is 6.92 Å². The number of oxime groups is 1. The van der Waals surface area contributed by atoms with Gasteiger partial charge in [-0.3, -0.25) is 4.79 Å². The van der Waals surface area contributed by atoms with Gasteiger partial charge >= 0.3 is 5.97 Å². The summed E-state index contributed by atoms with van der Waals surface area (Å²) in [5.41, 5.74) is 3.74. The number of carbonyl (C=O) groups excluding carboxylic acids is 1. The molecule has 0 unspecified atom stereocenters. The standard InChI is InChI=1S/C13H18N2O3/c1-3-18-13(16)8-15-9(2)7-10-11(14-17)5-4-6-12(10)15/h7,17H,3-6,8H2,1-2H3. The third kappa shape index (κ3) is 2.25. The van der Waals surface area contributed by atoms with Gasteiger partial charge in [-0.1, -0.05) is 5.16 Å². The lowest BCUT2D eigenvalue weighted by atomic mass is 9.96. The number of aromatic nitrogens is 1. The van der Waals surface area contributed by atoms with Crippen LogP contribution in [0.2, 0.25) is 0 Å². The largest absolute Gasteiger partial charge is 0.465 e. The Hall–Kier alpha value is -1.78. The minimum absolute atomic E-state index is 0.230. The summed E-state index contributed by atoms with van der Waals surface area (Å²) in [6.45, 7) is 4.37. The summed E-state index contributed by atoms with van der Waals surface area (Å²) in [7, 11) is 0. The number of carbonyl (C=O) groups is 1. The Morgan fingerprint density at radius 3 is 3.00 bits per heavy atom. The number of aryl methyl sites for hydroxylation is 1. The smallest absolute Gasteiger partial charge is 0.325 e. The third-order valence-corrected chi connectivity index (χ3v) is 3.27. The number of fused-ring (bicyclic) bond motifs is 1. The normalized spacial score (nSPS) is 16.7. The molecule has 1 N–H and O–H groups in total. The van der Waals surface area contributed by atoms with Crippen molar-refractivity contribution in [2.24, 2.45) is 5.16 Å². The summed E-state index contributed by atoms with van der Waals surface area (Å²) in [4.78, 5) is 11.6. The van der Waals surface area contributed by atoms with E-state index >= 15 is 0 Å². The van der Waals surface area contributed by atoms with Crippen LogP contribution in [0.5, 0.6) is 0 Å². The van der Waals surface area contributed by atoms with E-state index in [1.807, 2.05) is 17.6 Å². The Labute approximate surface area is 106 Å². The SMILES string of the molecule is CCOC(=O)Cn1c(C)cc2c1CCCC2=NO. The molecule has 1 aromatic rings. The Bertz CT molecular complexity index is 489. The third-order valence-electron chi connectivity index (χ3n) is 3.27. The second-order valence-electron chi connectivity index (χ2n) is 4.44. The van der Waals surface area contributed by atoms with Crippen LogP contribution in [0.3, 0.4) is 0 Å². The van der Waals surface area contributed by atoms with Crippen LogP contribution >= 0.6 is 0 Å². The van der Waals surface area contributed by atoms with Gasteiger partial charge in [0.05, 0.1) is 12.3 Å². The van der Waals surface area contributed by atoms with E-state index in [2.05, 4.69) is 5.16 Å². The molecule has 0 aromatic carbocycles. The first kappa shape index (κ1) is 12.7. The second kappa shape index (κ2) is 5.25. The van der Waals surface area contributed by atoms with Crippen LogP contribution in [0.4, 0.5) is 0 Å². The zero-order chi connectivity index (χ0) is 13.1. The number of ether oxygens (including phenoxy) is 1. The fourth-order valence-electron chi connectivity index (χ4n) is 2.47. The van der Waals surface area contributed by atoms with Crippen molar-refractivity contribution in [2.45, 2.75) is 39.7 Å². The predicted molar refractivity (Wildman–Crippen MR) is 67.1 cm³/mol. The lowest BCUT2D eigenvalue weighted by Gasteiger charge is -2.16. The Kier molecular flexibility index (Phi) is 3.69. The molecule has 1 heterocycles. The molecule has 0 fully saturated rings. The van der Waals surface area contributed by atoms with Crippen molar-refractivity contribution in [3.05, 3.63) is 23.0 Å². The summed E-state index contributed by atoms with van der Waals surface area (Å²) >= 11 is 0. The van der Waals surface area contributed by atoms with Crippen LogP contribution in [-0.2, 0) is 22.5 Å². The Balaban J connectivity index is 2.32. The van der Waals surface area contributed by atoms with Gasteiger partial charge in [0.25, 0.3) is 0 Å². The van der Waals surface area contributed by atoms with Gasteiger partial charge in [-0.05, 0) is 39.2 Å². The molecular weight excluding hydrogens is 232 g/mol. The van der Waals surface area contributed by atoms with Gasteiger partial charge in [0.1, 0.15) is 6.54 Å². The van der Waals surface area contributed by atoms with Gasteiger partial charge in [-0.25, -0.2) is 0 Å². The van der Waals surface area contributed by atoms with Crippen LogP contribution < -0.4 is 0 Å². The van der Waals surface area contributed by atoms with Gasteiger partial charge in [-0.15, -0.1) is 0 Å². The van der Waals surface area contributed by atoms with E-state index in [1.165, 1.54) is 0 Å². The van der Waals surface area contributed by atoms with Crippen molar-refractivity contribution >= 4 is 11.7 Å². The maximum absolute atomic E-state index is 11.6. The summed E-state index contributed by atoms with van der Waals surface area (Å²) in [6.07, 6.45) is 2.63. The maximum Gasteiger partial charge on any atom is 0.325 e. The number of hydrogen-bond acceptors (Lipinski definition) is 4. The van der Waals surface area contributed by atoms with E-state index < -0.39 is 0 Å². The van der Waals surface area contributed by atoms with Gasteiger partial charge in [0.15, 0.2) is 0 Å². The molecule has 0 bridgehead atoms. The van der Waals surface area contributed by atoms with Crippen molar-refractivity contribution in [1.82, 2.24) is 4.57 Å². The van der Waals surface area contributed by atoms with Crippen molar-refractivity contribution in [3.8, 4) is 0 Å². The topological polar surface area (TPSA) is 63.8 Å². The van der Waals surface area contributed by atoms with Crippen LogP contribution in [0.1, 0.15) is 36.7 Å². The average Bonchev–Trinajstić information content (AvgIpc) is 2.66. The molecule has 0 saturated carbocycles. The zero-order valence-electron chi connectivity index (χ0n) is 10.8. The molecule has 18 heavy (non-hydrogen) atoms. The zero-order valence-corrected chi connectivity index (χ0v) is 10.8. The highest BCUT2D eigenvalue weighted by Crippen LogP contribution is 2.25. The lowest BCUT2D eigenvalue weighted by molar-refractivity contribution is -0.143. The molecule has 0 amide bonds. The molecular formula is C13H18N2O3. The highest BCUT2D eigenvalue weighted by molar-refractivity contribution is 6.02. The fraction of sp³-hybridized carbons (Fsp3) is 0.538. The molecule has 0 aliphatic heterocycles. The highest BCUT2D eigenvalue weighted by Gasteiger charge is 2.22. The van der Waals surface area contributed by atoms with Crippen molar-refractivity contribution in [2.75, 3.05) is 6.61 Å². The monoisotopic (exact) mass is 250 g/mol. The summed E-state index contributed by atoms with van der Waals surface area (Å²) < 4.78 is 6.93. The maximum atomic E-state index is 11.6. The van der Waals surface area contributed by atoms with Gasteiger partial charge in [0, 0.05) is 17.0 Å². The molecule has 0 spiro atoms. The summed E-state index contributed by atoms with van der Waals surface area (Å²) in [5, 5.41) is 12.3. The molecule has 5 heteroatoms. The van der Waals surface area contributed by atoms with Crippen molar-refractivity contribution < 1.29 is 14.7 Å². The molecule has 5 nitrogen and oxygen atoms in total. The van der Waals surface area contributed by atoms with Crippen LogP contribution in [-0.4, -0.2) is 28.1 Å². The van der Waals surface area contributed by atoms with E-state index in [4.69, 9.17) is 9.94 Å².